The summed E-state index contributed by atoms with van der Waals surface area (Å²) in [6.07, 6.45) is 1.99. The molecule has 28 heavy (non-hydrogen) atoms. The molecule has 2 aromatic rings. The molecule has 1 fully saturated rings. The van der Waals surface area contributed by atoms with Gasteiger partial charge in [-0.15, -0.1) is 11.3 Å². The zero-order valence-corrected chi connectivity index (χ0v) is 17.6. The van der Waals surface area contributed by atoms with E-state index in [1.165, 1.54) is 24.2 Å². The van der Waals surface area contributed by atoms with Crippen LogP contribution < -0.4 is 10.1 Å². The summed E-state index contributed by atoms with van der Waals surface area (Å²) in [5, 5.41) is 5.52. The van der Waals surface area contributed by atoms with Crippen molar-refractivity contribution in [3.8, 4) is 5.75 Å². The first-order chi connectivity index (χ1) is 13.5. The number of hydrogen-bond acceptors (Lipinski definition) is 6. The molecular weight excluding hydrogens is 374 g/mol. The Balaban J connectivity index is 1.46. The molecule has 2 atom stereocenters. The summed E-state index contributed by atoms with van der Waals surface area (Å²) in [5.41, 5.74) is 1.98. The van der Waals surface area contributed by atoms with Gasteiger partial charge < -0.3 is 9.47 Å². The predicted octanol–water partition coefficient (Wildman–Crippen LogP) is 3.93. The maximum absolute atomic E-state index is 12.4. The molecule has 0 bridgehead atoms. The van der Waals surface area contributed by atoms with Crippen LogP contribution in [-0.4, -0.2) is 42.1 Å². The van der Waals surface area contributed by atoms with Crippen LogP contribution in [0.25, 0.3) is 0 Å². The maximum atomic E-state index is 12.4. The molecule has 0 radical (unpaired) electrons. The van der Waals surface area contributed by atoms with Gasteiger partial charge in [0, 0.05) is 18.5 Å². The maximum Gasteiger partial charge on any atom is 0.255 e. The normalized spacial score (nSPS) is 18.6. The summed E-state index contributed by atoms with van der Waals surface area (Å²) in [6.45, 7) is 7.48. The Morgan fingerprint density at radius 2 is 2.32 bits per heavy atom. The second-order valence-corrected chi connectivity index (χ2v) is 8.28. The van der Waals surface area contributed by atoms with Crippen molar-refractivity contribution < 1.29 is 14.3 Å². The summed E-state index contributed by atoms with van der Waals surface area (Å²) in [6, 6.07) is 7.63. The SMILES string of the molecule is COc1cccc(COC(C)C(=O)Nc2nc(CN3CCCC(C)C3)cs2)c1. The number of nitrogens with one attached hydrogen (secondary N) is 1. The molecule has 7 heteroatoms. The van der Waals surface area contributed by atoms with Gasteiger partial charge in [-0.2, -0.15) is 0 Å². The van der Waals surface area contributed by atoms with Gasteiger partial charge in [0.25, 0.3) is 5.91 Å². The lowest BCUT2D eigenvalue weighted by molar-refractivity contribution is -0.127. The van der Waals surface area contributed by atoms with E-state index in [1.807, 2.05) is 29.6 Å². The van der Waals surface area contributed by atoms with Crippen LogP contribution in [0.5, 0.6) is 5.75 Å². The molecule has 152 valence electrons. The molecule has 0 saturated carbocycles. The van der Waals surface area contributed by atoms with Gasteiger partial charge in [-0.25, -0.2) is 4.98 Å². The number of piperidine rings is 1. The Morgan fingerprint density at radius 1 is 1.46 bits per heavy atom. The number of aromatic nitrogens is 1. The number of hydrogen-bond donors (Lipinski definition) is 1. The predicted molar refractivity (Wildman–Crippen MR) is 112 cm³/mol. The third-order valence-electron chi connectivity index (χ3n) is 4.91. The van der Waals surface area contributed by atoms with E-state index < -0.39 is 6.10 Å². The van der Waals surface area contributed by atoms with Gasteiger partial charge in [-0.05, 0) is 49.9 Å². The van der Waals surface area contributed by atoms with Crippen molar-refractivity contribution in [3.63, 3.8) is 0 Å². The average Bonchev–Trinajstić information content (AvgIpc) is 3.13. The van der Waals surface area contributed by atoms with Crippen molar-refractivity contribution in [2.45, 2.75) is 45.9 Å². The first kappa shape index (κ1) is 20.8. The van der Waals surface area contributed by atoms with E-state index >= 15 is 0 Å². The standard InChI is InChI=1S/C21H29N3O3S/c1-15-6-5-9-24(11-15)12-18-14-28-21(22-18)23-20(25)16(2)27-13-17-7-4-8-19(10-17)26-3/h4,7-8,10,14-16H,5-6,9,11-13H2,1-3H3,(H,22,23,25). The molecule has 3 rings (SSSR count). The summed E-state index contributed by atoms with van der Waals surface area (Å²) in [4.78, 5) is 19.4. The lowest BCUT2D eigenvalue weighted by Crippen LogP contribution is -2.33. The van der Waals surface area contributed by atoms with Gasteiger partial charge in [0.2, 0.25) is 0 Å². The minimum atomic E-state index is -0.568. The molecule has 1 saturated heterocycles. The van der Waals surface area contributed by atoms with Crippen molar-refractivity contribution in [1.82, 2.24) is 9.88 Å². The van der Waals surface area contributed by atoms with E-state index in [4.69, 9.17) is 9.47 Å². The minimum Gasteiger partial charge on any atom is -0.497 e. The van der Waals surface area contributed by atoms with Gasteiger partial charge in [0.15, 0.2) is 5.13 Å². The fourth-order valence-electron chi connectivity index (χ4n) is 3.36. The number of anilines is 1. The largest absolute Gasteiger partial charge is 0.497 e. The van der Waals surface area contributed by atoms with Crippen LogP contribution in [0.15, 0.2) is 29.6 Å². The second-order valence-electron chi connectivity index (χ2n) is 7.42. The first-order valence-electron chi connectivity index (χ1n) is 9.75. The molecule has 1 aliphatic rings. The third kappa shape index (κ3) is 6.02. The molecule has 1 amide bonds. The quantitative estimate of drug-likeness (QED) is 0.724. The zero-order chi connectivity index (χ0) is 19.9. The fourth-order valence-corrected chi connectivity index (χ4v) is 4.07. The molecular formula is C21H29N3O3S. The number of benzene rings is 1. The number of carbonyl (C=O) groups is 1. The molecule has 1 aromatic carbocycles. The number of rotatable bonds is 8. The molecule has 0 spiro atoms. The molecule has 2 unspecified atom stereocenters. The lowest BCUT2D eigenvalue weighted by atomic mass is 10.0. The highest BCUT2D eigenvalue weighted by Crippen LogP contribution is 2.21. The fraction of sp³-hybridized carbons (Fsp3) is 0.524. The average molecular weight is 404 g/mol. The Morgan fingerprint density at radius 3 is 3.11 bits per heavy atom. The number of carbonyl (C=O) groups excluding carboxylic acids is 1. The van der Waals surface area contributed by atoms with Crippen LogP contribution in [0.1, 0.15) is 37.9 Å². The van der Waals surface area contributed by atoms with E-state index in [0.717, 1.165) is 42.6 Å². The number of likely N-dealkylation sites (tertiary alicyclic amines) is 1. The Bertz CT molecular complexity index is 780. The van der Waals surface area contributed by atoms with E-state index in [2.05, 4.69) is 22.1 Å². The third-order valence-corrected chi connectivity index (χ3v) is 5.72. The van der Waals surface area contributed by atoms with Gasteiger partial charge in [-0.1, -0.05) is 19.1 Å². The highest BCUT2D eigenvalue weighted by atomic mass is 32.1. The van der Waals surface area contributed by atoms with Crippen LogP contribution in [0.4, 0.5) is 5.13 Å². The topological polar surface area (TPSA) is 63.7 Å². The van der Waals surface area contributed by atoms with Gasteiger partial charge in [0.05, 0.1) is 19.4 Å². The van der Waals surface area contributed by atoms with Crippen LogP contribution in [0, 0.1) is 5.92 Å². The lowest BCUT2D eigenvalue weighted by Gasteiger charge is -2.30. The number of amides is 1. The van der Waals surface area contributed by atoms with Crippen molar-refractivity contribution >= 4 is 22.4 Å². The van der Waals surface area contributed by atoms with Crippen molar-refractivity contribution in [2.24, 2.45) is 5.92 Å². The number of methoxy groups -OCH3 is 1. The van der Waals surface area contributed by atoms with E-state index in [9.17, 15) is 4.79 Å². The zero-order valence-electron chi connectivity index (χ0n) is 16.8. The molecule has 1 N–H and O–H groups in total. The Kier molecular flexibility index (Phi) is 7.42. The smallest absolute Gasteiger partial charge is 0.255 e. The molecule has 1 aromatic heterocycles. The molecule has 0 aliphatic carbocycles. The van der Waals surface area contributed by atoms with E-state index in [1.54, 1.807) is 14.0 Å². The molecule has 1 aliphatic heterocycles. The van der Waals surface area contributed by atoms with Crippen molar-refractivity contribution in [2.75, 3.05) is 25.5 Å². The van der Waals surface area contributed by atoms with Gasteiger partial charge in [-0.3, -0.25) is 15.0 Å². The molecule has 2 heterocycles. The highest BCUT2D eigenvalue weighted by molar-refractivity contribution is 7.13. The minimum absolute atomic E-state index is 0.185. The summed E-state index contributed by atoms with van der Waals surface area (Å²) in [7, 11) is 1.63. The Hall–Kier alpha value is -1.96. The van der Waals surface area contributed by atoms with Gasteiger partial charge in [0.1, 0.15) is 11.9 Å². The Labute approximate surface area is 170 Å². The van der Waals surface area contributed by atoms with Crippen LogP contribution in [0.2, 0.25) is 0 Å². The monoisotopic (exact) mass is 403 g/mol. The number of nitrogens with zero attached hydrogens (tertiary/aromatic N) is 2. The summed E-state index contributed by atoms with van der Waals surface area (Å²) >= 11 is 1.46. The van der Waals surface area contributed by atoms with E-state index in [-0.39, 0.29) is 5.91 Å². The van der Waals surface area contributed by atoms with Crippen molar-refractivity contribution in [1.29, 1.82) is 0 Å². The number of thiazole rings is 1. The summed E-state index contributed by atoms with van der Waals surface area (Å²) in [5.74, 6) is 1.33. The van der Waals surface area contributed by atoms with E-state index in [0.29, 0.717) is 11.7 Å². The second kappa shape index (κ2) is 10.0. The van der Waals surface area contributed by atoms with Crippen LogP contribution >= 0.6 is 11.3 Å². The highest BCUT2D eigenvalue weighted by Gasteiger charge is 2.19. The first-order valence-corrected chi connectivity index (χ1v) is 10.6. The van der Waals surface area contributed by atoms with Crippen molar-refractivity contribution in [3.05, 3.63) is 40.9 Å². The molecule has 6 nitrogen and oxygen atoms in total. The van der Waals surface area contributed by atoms with Crippen LogP contribution in [0.3, 0.4) is 0 Å². The number of ether oxygens (including phenoxy) is 2. The van der Waals surface area contributed by atoms with Crippen LogP contribution in [-0.2, 0) is 22.7 Å². The van der Waals surface area contributed by atoms with Gasteiger partial charge >= 0.3 is 0 Å². The summed E-state index contributed by atoms with van der Waals surface area (Å²) < 4.78 is 10.9.